The normalized spacial score (nSPS) is 12.3. The van der Waals surface area contributed by atoms with Gasteiger partial charge in [0, 0.05) is 19.5 Å². The standard InChI is InChI=1S/C8H18ClNO2S/c1-3-4-7-10(2)13(11,12)8-5-6-9/h3-8H2,1-2H3. The van der Waals surface area contributed by atoms with Crippen molar-refractivity contribution >= 4 is 21.6 Å². The van der Waals surface area contributed by atoms with E-state index in [4.69, 9.17) is 11.6 Å². The van der Waals surface area contributed by atoms with Crippen molar-refractivity contribution in [1.82, 2.24) is 4.31 Å². The first kappa shape index (κ1) is 13.2. The lowest BCUT2D eigenvalue weighted by molar-refractivity contribution is 0.459. The minimum absolute atomic E-state index is 0.163. The lowest BCUT2D eigenvalue weighted by Gasteiger charge is -2.15. The van der Waals surface area contributed by atoms with Gasteiger partial charge in [0.2, 0.25) is 10.0 Å². The molecule has 0 unspecified atom stereocenters. The average Bonchev–Trinajstić information content (AvgIpc) is 2.10. The zero-order valence-corrected chi connectivity index (χ0v) is 9.86. The SMILES string of the molecule is CCCCN(C)S(=O)(=O)CCCCl. The molecular formula is C8H18ClNO2S. The molecule has 0 fully saturated rings. The largest absolute Gasteiger partial charge is 0.213 e. The molecule has 0 aromatic rings. The van der Waals surface area contributed by atoms with E-state index in [-0.39, 0.29) is 5.75 Å². The highest BCUT2D eigenvalue weighted by Crippen LogP contribution is 2.03. The van der Waals surface area contributed by atoms with Crippen LogP contribution in [0.2, 0.25) is 0 Å². The molecule has 0 rings (SSSR count). The molecular weight excluding hydrogens is 210 g/mol. The Bertz CT molecular complexity index is 216. The van der Waals surface area contributed by atoms with Crippen LogP contribution >= 0.6 is 11.6 Å². The van der Waals surface area contributed by atoms with Gasteiger partial charge in [-0.05, 0) is 12.8 Å². The molecule has 0 aliphatic carbocycles. The van der Waals surface area contributed by atoms with Gasteiger partial charge in [-0.1, -0.05) is 13.3 Å². The Morgan fingerprint density at radius 2 is 1.92 bits per heavy atom. The summed E-state index contributed by atoms with van der Waals surface area (Å²) in [6.07, 6.45) is 2.45. The van der Waals surface area contributed by atoms with Crippen molar-refractivity contribution in [3.8, 4) is 0 Å². The first-order chi connectivity index (χ1) is 6.04. The summed E-state index contributed by atoms with van der Waals surface area (Å²) in [7, 11) is -1.42. The van der Waals surface area contributed by atoms with Crippen molar-refractivity contribution in [2.24, 2.45) is 0 Å². The van der Waals surface area contributed by atoms with Crippen LogP contribution in [0.25, 0.3) is 0 Å². The summed E-state index contributed by atoms with van der Waals surface area (Å²) in [6, 6.07) is 0. The maximum absolute atomic E-state index is 11.5. The molecule has 0 amide bonds. The van der Waals surface area contributed by atoms with Crippen molar-refractivity contribution in [3.05, 3.63) is 0 Å². The molecule has 0 aromatic carbocycles. The zero-order valence-electron chi connectivity index (χ0n) is 8.29. The Hall–Kier alpha value is 0.200. The fraction of sp³-hybridized carbons (Fsp3) is 1.00. The molecule has 0 heterocycles. The molecule has 80 valence electrons. The van der Waals surface area contributed by atoms with Crippen LogP contribution in [-0.4, -0.2) is 37.9 Å². The maximum Gasteiger partial charge on any atom is 0.213 e. The average molecular weight is 228 g/mol. The van der Waals surface area contributed by atoms with Crippen LogP contribution in [0.4, 0.5) is 0 Å². The molecule has 3 nitrogen and oxygen atoms in total. The van der Waals surface area contributed by atoms with Gasteiger partial charge in [-0.25, -0.2) is 12.7 Å². The summed E-state index contributed by atoms with van der Waals surface area (Å²) in [6.45, 7) is 2.65. The monoisotopic (exact) mass is 227 g/mol. The lowest BCUT2D eigenvalue weighted by Crippen LogP contribution is -2.30. The van der Waals surface area contributed by atoms with Gasteiger partial charge in [0.1, 0.15) is 0 Å². The van der Waals surface area contributed by atoms with Crippen molar-refractivity contribution in [3.63, 3.8) is 0 Å². The van der Waals surface area contributed by atoms with Crippen LogP contribution in [-0.2, 0) is 10.0 Å². The van der Waals surface area contributed by atoms with Crippen LogP contribution in [0.5, 0.6) is 0 Å². The molecule has 0 radical (unpaired) electrons. The predicted octanol–water partition coefficient (Wildman–Crippen LogP) is 1.68. The van der Waals surface area contributed by atoms with Gasteiger partial charge in [-0.15, -0.1) is 11.6 Å². The van der Waals surface area contributed by atoms with Crippen molar-refractivity contribution in [2.45, 2.75) is 26.2 Å². The summed E-state index contributed by atoms with van der Waals surface area (Å²) in [5, 5.41) is 0. The number of nitrogens with zero attached hydrogens (tertiary/aromatic N) is 1. The third-order valence-corrected chi connectivity index (χ3v) is 4.04. The fourth-order valence-corrected chi connectivity index (χ4v) is 2.43. The highest BCUT2D eigenvalue weighted by molar-refractivity contribution is 7.89. The van der Waals surface area contributed by atoms with Crippen LogP contribution in [0.1, 0.15) is 26.2 Å². The molecule has 13 heavy (non-hydrogen) atoms. The van der Waals surface area contributed by atoms with E-state index in [1.807, 2.05) is 6.92 Å². The molecule has 0 bridgehead atoms. The Morgan fingerprint density at radius 3 is 2.38 bits per heavy atom. The highest BCUT2D eigenvalue weighted by atomic mass is 35.5. The second-order valence-corrected chi connectivity index (χ2v) is 5.61. The molecule has 0 saturated carbocycles. The third-order valence-electron chi connectivity index (χ3n) is 1.84. The van der Waals surface area contributed by atoms with Gasteiger partial charge < -0.3 is 0 Å². The quantitative estimate of drug-likeness (QED) is 0.621. The number of hydrogen-bond donors (Lipinski definition) is 0. The zero-order chi connectivity index (χ0) is 10.3. The Balaban J connectivity index is 3.96. The second kappa shape index (κ2) is 6.62. The maximum atomic E-state index is 11.5. The lowest BCUT2D eigenvalue weighted by atomic mass is 10.3. The third kappa shape index (κ3) is 5.49. The van der Waals surface area contributed by atoms with E-state index in [0.29, 0.717) is 18.8 Å². The predicted molar refractivity (Wildman–Crippen MR) is 56.7 cm³/mol. The molecule has 0 aromatic heterocycles. The number of hydrogen-bond acceptors (Lipinski definition) is 2. The Kier molecular flexibility index (Phi) is 6.73. The van der Waals surface area contributed by atoms with Gasteiger partial charge in [-0.2, -0.15) is 0 Å². The van der Waals surface area contributed by atoms with E-state index in [1.165, 1.54) is 4.31 Å². The van der Waals surface area contributed by atoms with E-state index in [2.05, 4.69) is 0 Å². The van der Waals surface area contributed by atoms with Crippen LogP contribution in [0, 0.1) is 0 Å². The number of unbranched alkanes of at least 4 members (excludes halogenated alkanes) is 1. The minimum Gasteiger partial charge on any atom is -0.212 e. The molecule has 0 atom stereocenters. The first-order valence-corrected chi connectivity index (χ1v) is 6.69. The van der Waals surface area contributed by atoms with E-state index in [9.17, 15) is 8.42 Å². The Morgan fingerprint density at radius 1 is 1.31 bits per heavy atom. The van der Waals surface area contributed by atoms with Gasteiger partial charge >= 0.3 is 0 Å². The fourth-order valence-electron chi connectivity index (χ4n) is 0.913. The van der Waals surface area contributed by atoms with Crippen molar-refractivity contribution in [1.29, 1.82) is 0 Å². The smallest absolute Gasteiger partial charge is 0.212 e. The number of sulfonamides is 1. The van der Waals surface area contributed by atoms with E-state index in [1.54, 1.807) is 7.05 Å². The molecule has 0 aliphatic heterocycles. The highest BCUT2D eigenvalue weighted by Gasteiger charge is 2.15. The molecule has 5 heteroatoms. The molecule has 0 saturated heterocycles. The van der Waals surface area contributed by atoms with Crippen LogP contribution < -0.4 is 0 Å². The summed E-state index contributed by atoms with van der Waals surface area (Å²) < 4.78 is 24.3. The van der Waals surface area contributed by atoms with Gasteiger partial charge in [0.15, 0.2) is 0 Å². The second-order valence-electron chi connectivity index (χ2n) is 3.03. The van der Waals surface area contributed by atoms with E-state index in [0.717, 1.165) is 12.8 Å². The molecule has 0 aliphatic rings. The summed E-state index contributed by atoms with van der Waals surface area (Å²) in [4.78, 5) is 0. The summed E-state index contributed by atoms with van der Waals surface area (Å²) in [5.41, 5.74) is 0. The van der Waals surface area contributed by atoms with Crippen LogP contribution in [0.3, 0.4) is 0 Å². The summed E-state index contributed by atoms with van der Waals surface area (Å²) in [5.74, 6) is 0.567. The van der Waals surface area contributed by atoms with E-state index >= 15 is 0 Å². The van der Waals surface area contributed by atoms with Crippen molar-refractivity contribution < 1.29 is 8.42 Å². The van der Waals surface area contributed by atoms with Crippen molar-refractivity contribution in [2.75, 3.05) is 25.2 Å². The van der Waals surface area contributed by atoms with Gasteiger partial charge in [0.05, 0.1) is 5.75 Å². The molecule has 0 spiro atoms. The van der Waals surface area contributed by atoms with E-state index < -0.39 is 10.0 Å². The number of alkyl halides is 1. The number of halogens is 1. The molecule has 0 N–H and O–H groups in total. The van der Waals surface area contributed by atoms with Gasteiger partial charge in [-0.3, -0.25) is 0 Å². The summed E-state index contributed by atoms with van der Waals surface area (Å²) >= 11 is 5.43. The minimum atomic E-state index is -3.05. The number of rotatable bonds is 7. The Labute approximate surface area is 86.1 Å². The first-order valence-electron chi connectivity index (χ1n) is 4.54. The van der Waals surface area contributed by atoms with Crippen LogP contribution in [0.15, 0.2) is 0 Å². The van der Waals surface area contributed by atoms with Gasteiger partial charge in [0.25, 0.3) is 0 Å². The topological polar surface area (TPSA) is 37.4 Å².